The number of aromatic amines is 1. The lowest BCUT2D eigenvalue weighted by Gasteiger charge is -2.21. The summed E-state index contributed by atoms with van der Waals surface area (Å²) in [7, 11) is 0. The van der Waals surface area contributed by atoms with E-state index in [9.17, 15) is 14.4 Å². The number of amides is 1. The van der Waals surface area contributed by atoms with Crippen molar-refractivity contribution in [3.63, 3.8) is 0 Å². The van der Waals surface area contributed by atoms with Gasteiger partial charge in [0.2, 0.25) is 0 Å². The van der Waals surface area contributed by atoms with Crippen molar-refractivity contribution in [1.82, 2.24) is 14.5 Å². The first kappa shape index (κ1) is 16.4. The molecule has 7 heteroatoms. The molecular formula is C17H22N4O3. The molecule has 1 aliphatic heterocycles. The van der Waals surface area contributed by atoms with Gasteiger partial charge in [0, 0.05) is 24.7 Å². The van der Waals surface area contributed by atoms with Crippen molar-refractivity contribution in [2.24, 2.45) is 11.7 Å². The van der Waals surface area contributed by atoms with E-state index in [4.69, 9.17) is 5.73 Å². The molecule has 128 valence electrons. The van der Waals surface area contributed by atoms with Gasteiger partial charge in [0.15, 0.2) is 0 Å². The molecule has 1 amide bonds. The minimum absolute atomic E-state index is 0.0964. The van der Waals surface area contributed by atoms with Crippen LogP contribution in [0, 0.1) is 5.92 Å². The second-order valence-electron chi connectivity index (χ2n) is 6.38. The van der Waals surface area contributed by atoms with Crippen LogP contribution in [-0.4, -0.2) is 39.5 Å². The Morgan fingerprint density at radius 2 is 2.12 bits per heavy atom. The number of carbonyl (C=O) groups excluding carboxylic acids is 1. The van der Waals surface area contributed by atoms with Crippen LogP contribution in [0.3, 0.4) is 0 Å². The van der Waals surface area contributed by atoms with Crippen molar-refractivity contribution < 1.29 is 4.79 Å². The largest absolute Gasteiger partial charge is 0.336 e. The Balaban J connectivity index is 2.01. The Labute approximate surface area is 139 Å². The highest BCUT2D eigenvalue weighted by Crippen LogP contribution is 2.24. The van der Waals surface area contributed by atoms with Gasteiger partial charge in [-0.3, -0.25) is 14.2 Å². The Bertz CT molecular complexity index is 899. The van der Waals surface area contributed by atoms with Gasteiger partial charge in [-0.25, -0.2) is 4.79 Å². The second kappa shape index (κ2) is 6.24. The monoisotopic (exact) mass is 330 g/mol. The van der Waals surface area contributed by atoms with Gasteiger partial charge in [-0.05, 0) is 50.9 Å². The third-order valence-corrected chi connectivity index (χ3v) is 4.80. The van der Waals surface area contributed by atoms with Crippen LogP contribution in [0.4, 0.5) is 0 Å². The lowest BCUT2D eigenvalue weighted by atomic mass is 10.1. The van der Waals surface area contributed by atoms with E-state index in [0.717, 1.165) is 11.0 Å². The molecule has 1 aliphatic rings. The molecule has 2 unspecified atom stereocenters. The van der Waals surface area contributed by atoms with E-state index in [2.05, 4.69) is 4.98 Å². The van der Waals surface area contributed by atoms with Gasteiger partial charge in [0.05, 0.1) is 10.9 Å². The number of carbonyl (C=O) groups is 1. The van der Waals surface area contributed by atoms with Crippen LogP contribution in [0.2, 0.25) is 0 Å². The zero-order valence-electron chi connectivity index (χ0n) is 13.9. The molecule has 0 saturated carbocycles. The number of H-pyrrole nitrogens is 1. The number of nitrogens with zero attached hydrogens (tertiary/aromatic N) is 2. The fourth-order valence-electron chi connectivity index (χ4n) is 3.44. The minimum atomic E-state index is -0.461. The third kappa shape index (κ3) is 2.65. The maximum absolute atomic E-state index is 12.8. The molecule has 1 saturated heterocycles. The van der Waals surface area contributed by atoms with Gasteiger partial charge in [-0.2, -0.15) is 0 Å². The Morgan fingerprint density at radius 3 is 2.75 bits per heavy atom. The maximum atomic E-state index is 12.8. The molecule has 0 aliphatic carbocycles. The summed E-state index contributed by atoms with van der Waals surface area (Å²) >= 11 is 0. The number of nitrogens with two attached hydrogens (primary N) is 1. The normalized spacial score (nSPS) is 20.7. The molecule has 7 nitrogen and oxygen atoms in total. The van der Waals surface area contributed by atoms with E-state index < -0.39 is 5.69 Å². The van der Waals surface area contributed by atoms with Gasteiger partial charge in [0.25, 0.3) is 11.5 Å². The summed E-state index contributed by atoms with van der Waals surface area (Å²) in [5, 5.41) is 0.405. The molecule has 0 bridgehead atoms. The molecule has 0 radical (unpaired) electrons. The third-order valence-electron chi connectivity index (χ3n) is 4.80. The minimum Gasteiger partial charge on any atom is -0.336 e. The summed E-state index contributed by atoms with van der Waals surface area (Å²) in [5.74, 6) is 0.224. The number of nitrogens with one attached hydrogen (secondary N) is 1. The Hall–Kier alpha value is -2.41. The predicted molar refractivity (Wildman–Crippen MR) is 92.2 cm³/mol. The molecule has 2 atom stereocenters. The maximum Gasteiger partial charge on any atom is 0.328 e. The topological polar surface area (TPSA) is 101 Å². The van der Waals surface area contributed by atoms with Crippen molar-refractivity contribution in [3.05, 3.63) is 44.6 Å². The lowest BCUT2D eigenvalue weighted by molar-refractivity contribution is 0.0743. The number of hydrogen-bond donors (Lipinski definition) is 2. The van der Waals surface area contributed by atoms with E-state index in [1.54, 1.807) is 25.1 Å². The number of benzene rings is 1. The second-order valence-corrected chi connectivity index (χ2v) is 6.38. The molecule has 2 aromatic rings. The van der Waals surface area contributed by atoms with Gasteiger partial charge in [-0.1, -0.05) is 0 Å². The van der Waals surface area contributed by atoms with E-state index in [0.29, 0.717) is 42.0 Å². The fraction of sp³-hybridized carbons (Fsp3) is 0.471. The molecule has 1 fully saturated rings. The molecule has 3 N–H and O–H groups in total. The molecule has 2 heterocycles. The summed E-state index contributed by atoms with van der Waals surface area (Å²) in [6.07, 6.45) is 0.897. The van der Waals surface area contributed by atoms with Crippen LogP contribution in [-0.2, 0) is 6.54 Å². The van der Waals surface area contributed by atoms with E-state index in [1.165, 1.54) is 0 Å². The van der Waals surface area contributed by atoms with E-state index >= 15 is 0 Å². The van der Waals surface area contributed by atoms with Crippen LogP contribution in [0.15, 0.2) is 27.8 Å². The molecule has 1 aromatic carbocycles. The molecule has 0 spiro atoms. The number of hydrogen-bond acceptors (Lipinski definition) is 4. The van der Waals surface area contributed by atoms with E-state index in [1.807, 2.05) is 11.8 Å². The highest BCUT2D eigenvalue weighted by Gasteiger charge is 2.32. The summed E-state index contributed by atoms with van der Waals surface area (Å²) in [4.78, 5) is 41.5. The van der Waals surface area contributed by atoms with Gasteiger partial charge in [0.1, 0.15) is 0 Å². The van der Waals surface area contributed by atoms with Crippen molar-refractivity contribution in [1.29, 1.82) is 0 Å². The van der Waals surface area contributed by atoms with E-state index in [-0.39, 0.29) is 17.5 Å². The number of likely N-dealkylation sites (tertiary alicyclic amines) is 1. The summed E-state index contributed by atoms with van der Waals surface area (Å²) in [6, 6.07) is 4.97. The number of fused-ring (bicyclic) bond motifs is 1. The first-order valence-corrected chi connectivity index (χ1v) is 8.24. The molecule has 3 rings (SSSR count). The summed E-state index contributed by atoms with van der Waals surface area (Å²) in [5.41, 5.74) is 5.78. The van der Waals surface area contributed by atoms with Crippen molar-refractivity contribution in [3.8, 4) is 0 Å². The van der Waals surface area contributed by atoms with Crippen LogP contribution in [0.25, 0.3) is 10.9 Å². The average molecular weight is 330 g/mol. The smallest absolute Gasteiger partial charge is 0.328 e. The van der Waals surface area contributed by atoms with Crippen molar-refractivity contribution in [2.45, 2.75) is 32.9 Å². The SMILES string of the molecule is CCn1c(=O)[nH]c2cc(C(=O)N3CC(CN)CC3C)ccc2c1=O. The molecular weight excluding hydrogens is 308 g/mol. The van der Waals surface area contributed by atoms with Crippen LogP contribution >= 0.6 is 0 Å². The standard InChI is InChI=1S/C17H22N4O3/c1-3-20-16(23)13-5-4-12(7-14(13)19-17(20)24)15(22)21-9-11(8-18)6-10(21)2/h4-5,7,10-11H,3,6,8-9,18H2,1-2H3,(H,19,24). The highest BCUT2D eigenvalue weighted by atomic mass is 16.2. The highest BCUT2D eigenvalue weighted by molar-refractivity contribution is 5.98. The van der Waals surface area contributed by atoms with Crippen LogP contribution < -0.4 is 17.0 Å². The Kier molecular flexibility index (Phi) is 4.28. The fourth-order valence-corrected chi connectivity index (χ4v) is 3.44. The van der Waals surface area contributed by atoms with Gasteiger partial charge >= 0.3 is 5.69 Å². The predicted octanol–water partition coefficient (Wildman–Crippen LogP) is 0.519. The summed E-state index contributed by atoms with van der Waals surface area (Å²) in [6.45, 7) is 5.26. The number of rotatable bonds is 3. The summed E-state index contributed by atoms with van der Waals surface area (Å²) < 4.78 is 1.14. The first-order valence-electron chi connectivity index (χ1n) is 8.24. The number of aromatic nitrogens is 2. The van der Waals surface area contributed by atoms with Gasteiger partial charge in [-0.15, -0.1) is 0 Å². The van der Waals surface area contributed by atoms with Gasteiger partial charge < -0.3 is 15.6 Å². The first-order chi connectivity index (χ1) is 11.5. The lowest BCUT2D eigenvalue weighted by Crippen LogP contribution is -2.35. The zero-order valence-corrected chi connectivity index (χ0v) is 13.9. The van der Waals surface area contributed by atoms with Crippen LogP contribution in [0.1, 0.15) is 30.6 Å². The average Bonchev–Trinajstić information content (AvgIpc) is 2.95. The molecule has 1 aromatic heterocycles. The molecule has 24 heavy (non-hydrogen) atoms. The van der Waals surface area contributed by atoms with Crippen LogP contribution in [0.5, 0.6) is 0 Å². The van der Waals surface area contributed by atoms with Crippen molar-refractivity contribution in [2.75, 3.05) is 13.1 Å². The quantitative estimate of drug-likeness (QED) is 0.856. The zero-order chi connectivity index (χ0) is 17.4. The Morgan fingerprint density at radius 1 is 1.38 bits per heavy atom. The van der Waals surface area contributed by atoms with Crippen molar-refractivity contribution >= 4 is 16.8 Å².